The number of rotatable bonds is 7. The van der Waals surface area contributed by atoms with E-state index in [-0.39, 0.29) is 12.5 Å². The normalized spacial score (nSPS) is 10.8. The van der Waals surface area contributed by atoms with E-state index in [9.17, 15) is 13.6 Å². The van der Waals surface area contributed by atoms with Crippen molar-refractivity contribution in [1.82, 2.24) is 5.32 Å². The van der Waals surface area contributed by atoms with Crippen LogP contribution in [0.2, 0.25) is 5.02 Å². The summed E-state index contributed by atoms with van der Waals surface area (Å²) in [6.07, 6.45) is 3.23. The molecule has 0 bridgehead atoms. The molecule has 0 aliphatic heterocycles. The van der Waals surface area contributed by atoms with Crippen molar-refractivity contribution in [3.8, 4) is 11.5 Å². The monoisotopic (exact) mass is 381 g/mol. The number of ether oxygens (including phenoxy) is 2. The summed E-state index contributed by atoms with van der Waals surface area (Å²) in [6.45, 7) is 0.249. The lowest BCUT2D eigenvalue weighted by Crippen LogP contribution is -2.23. The first-order valence-electron chi connectivity index (χ1n) is 7.75. The number of benzene rings is 2. The maximum absolute atomic E-state index is 13.1. The SMILES string of the molecule is COc1cc(/C=C/C(=O)NCCc2cc(F)cc(F)c2)cc(Cl)c1OC. The Morgan fingerprint density at radius 1 is 1.12 bits per heavy atom. The fraction of sp³-hybridized carbons (Fsp3) is 0.211. The van der Waals surface area contributed by atoms with Gasteiger partial charge in [-0.2, -0.15) is 0 Å². The van der Waals surface area contributed by atoms with Crippen LogP contribution in [-0.4, -0.2) is 26.7 Å². The minimum atomic E-state index is -0.642. The topological polar surface area (TPSA) is 47.6 Å². The van der Waals surface area contributed by atoms with E-state index in [0.29, 0.717) is 34.1 Å². The number of hydrogen-bond acceptors (Lipinski definition) is 3. The average molecular weight is 382 g/mol. The van der Waals surface area contributed by atoms with E-state index in [1.54, 1.807) is 18.2 Å². The first-order chi connectivity index (χ1) is 12.4. The Morgan fingerprint density at radius 3 is 2.42 bits per heavy atom. The number of carbonyl (C=O) groups is 1. The summed E-state index contributed by atoms with van der Waals surface area (Å²) in [5, 5.41) is 3.01. The molecule has 0 aliphatic carbocycles. The van der Waals surface area contributed by atoms with Crippen molar-refractivity contribution in [2.45, 2.75) is 6.42 Å². The molecule has 0 spiro atoms. The molecule has 0 aromatic heterocycles. The first-order valence-corrected chi connectivity index (χ1v) is 8.13. The third-order valence-electron chi connectivity index (χ3n) is 3.52. The zero-order chi connectivity index (χ0) is 19.1. The van der Waals surface area contributed by atoms with Crippen molar-refractivity contribution in [2.75, 3.05) is 20.8 Å². The van der Waals surface area contributed by atoms with Crippen LogP contribution in [-0.2, 0) is 11.2 Å². The molecule has 2 aromatic carbocycles. The van der Waals surface area contributed by atoms with Crippen LogP contribution < -0.4 is 14.8 Å². The summed E-state index contributed by atoms with van der Waals surface area (Å²) in [5.41, 5.74) is 1.13. The van der Waals surface area contributed by atoms with Gasteiger partial charge in [-0.05, 0) is 47.9 Å². The fourth-order valence-electron chi connectivity index (χ4n) is 2.35. The van der Waals surface area contributed by atoms with Gasteiger partial charge in [-0.15, -0.1) is 0 Å². The highest BCUT2D eigenvalue weighted by Gasteiger charge is 2.10. The summed E-state index contributed by atoms with van der Waals surface area (Å²) in [4.78, 5) is 11.9. The lowest BCUT2D eigenvalue weighted by Gasteiger charge is -2.10. The van der Waals surface area contributed by atoms with Gasteiger partial charge in [0.15, 0.2) is 11.5 Å². The van der Waals surface area contributed by atoms with Crippen LogP contribution in [0.1, 0.15) is 11.1 Å². The van der Waals surface area contributed by atoms with Crippen LogP contribution in [0.3, 0.4) is 0 Å². The Bertz CT molecular complexity index is 804. The van der Waals surface area contributed by atoms with Crippen molar-refractivity contribution in [1.29, 1.82) is 0 Å². The van der Waals surface area contributed by atoms with Gasteiger partial charge in [-0.3, -0.25) is 4.79 Å². The highest BCUT2D eigenvalue weighted by molar-refractivity contribution is 6.32. The van der Waals surface area contributed by atoms with Gasteiger partial charge < -0.3 is 14.8 Å². The van der Waals surface area contributed by atoms with Crippen LogP contribution in [0.4, 0.5) is 8.78 Å². The summed E-state index contributed by atoms with van der Waals surface area (Å²) in [7, 11) is 2.97. The van der Waals surface area contributed by atoms with Gasteiger partial charge in [0.1, 0.15) is 11.6 Å². The molecular weight excluding hydrogens is 364 g/mol. The van der Waals surface area contributed by atoms with E-state index < -0.39 is 11.6 Å². The predicted molar refractivity (Wildman–Crippen MR) is 96.7 cm³/mol. The lowest BCUT2D eigenvalue weighted by molar-refractivity contribution is -0.116. The fourth-order valence-corrected chi connectivity index (χ4v) is 2.65. The van der Waals surface area contributed by atoms with Crippen LogP contribution >= 0.6 is 11.6 Å². The van der Waals surface area contributed by atoms with E-state index in [1.807, 2.05) is 0 Å². The number of nitrogens with one attached hydrogen (secondary N) is 1. The molecule has 4 nitrogen and oxygen atoms in total. The Hall–Kier alpha value is -2.60. The molecule has 138 valence electrons. The maximum atomic E-state index is 13.1. The largest absolute Gasteiger partial charge is 0.493 e. The second kappa shape index (κ2) is 9.20. The highest BCUT2D eigenvalue weighted by Crippen LogP contribution is 2.36. The molecular formula is C19H18ClF2NO3. The Morgan fingerprint density at radius 2 is 1.81 bits per heavy atom. The standard InChI is InChI=1S/C19H18ClF2NO3/c1-25-17-10-12(9-16(20)19(17)26-2)3-4-18(24)23-6-5-13-7-14(21)11-15(22)8-13/h3-4,7-11H,5-6H2,1-2H3,(H,23,24)/b4-3+. The zero-order valence-electron chi connectivity index (χ0n) is 14.3. The molecule has 0 saturated carbocycles. The molecule has 0 heterocycles. The third-order valence-corrected chi connectivity index (χ3v) is 3.80. The zero-order valence-corrected chi connectivity index (χ0v) is 15.1. The van der Waals surface area contributed by atoms with E-state index >= 15 is 0 Å². The molecule has 2 rings (SSSR count). The van der Waals surface area contributed by atoms with Crippen molar-refractivity contribution in [3.63, 3.8) is 0 Å². The summed E-state index contributed by atoms with van der Waals surface area (Å²) in [5.74, 6) is -0.757. The van der Waals surface area contributed by atoms with E-state index in [2.05, 4.69) is 5.32 Å². The van der Waals surface area contributed by atoms with Gasteiger partial charge in [0.25, 0.3) is 0 Å². The molecule has 0 saturated heterocycles. The maximum Gasteiger partial charge on any atom is 0.244 e. The van der Waals surface area contributed by atoms with Crippen molar-refractivity contribution < 1.29 is 23.0 Å². The lowest BCUT2D eigenvalue weighted by atomic mass is 10.1. The second-order valence-electron chi connectivity index (χ2n) is 5.39. The van der Waals surface area contributed by atoms with Crippen LogP contribution in [0.15, 0.2) is 36.4 Å². The van der Waals surface area contributed by atoms with E-state index in [4.69, 9.17) is 21.1 Å². The van der Waals surface area contributed by atoms with Crippen LogP contribution in [0.5, 0.6) is 11.5 Å². The van der Waals surface area contributed by atoms with Gasteiger partial charge >= 0.3 is 0 Å². The Labute approximate surface area is 155 Å². The van der Waals surface area contributed by atoms with Gasteiger partial charge in [0, 0.05) is 18.7 Å². The number of carbonyl (C=O) groups excluding carboxylic acids is 1. The second-order valence-corrected chi connectivity index (χ2v) is 5.80. The number of methoxy groups -OCH3 is 2. The van der Waals surface area contributed by atoms with Gasteiger partial charge in [-0.25, -0.2) is 8.78 Å². The number of amides is 1. The summed E-state index contributed by atoms with van der Waals surface area (Å²) < 4.78 is 36.5. The van der Waals surface area contributed by atoms with Crippen molar-refractivity contribution in [3.05, 3.63) is 64.2 Å². The molecule has 0 radical (unpaired) electrons. The Balaban J connectivity index is 1.94. The average Bonchev–Trinajstić information content (AvgIpc) is 2.58. The smallest absolute Gasteiger partial charge is 0.244 e. The number of halogens is 3. The van der Waals surface area contributed by atoms with E-state index in [1.165, 1.54) is 32.4 Å². The van der Waals surface area contributed by atoms with Crippen molar-refractivity contribution in [2.24, 2.45) is 0 Å². The molecule has 1 amide bonds. The van der Waals surface area contributed by atoms with Crippen molar-refractivity contribution >= 4 is 23.6 Å². The molecule has 7 heteroatoms. The third kappa shape index (κ3) is 5.46. The molecule has 0 atom stereocenters. The first kappa shape index (κ1) is 19.7. The minimum absolute atomic E-state index is 0.249. The molecule has 0 fully saturated rings. The number of hydrogen-bond donors (Lipinski definition) is 1. The van der Waals surface area contributed by atoms with Gasteiger partial charge in [0.05, 0.1) is 19.2 Å². The molecule has 0 aliphatic rings. The molecule has 0 unspecified atom stereocenters. The summed E-state index contributed by atoms with van der Waals surface area (Å²) >= 11 is 6.11. The molecule has 26 heavy (non-hydrogen) atoms. The molecule has 2 aromatic rings. The van der Waals surface area contributed by atoms with Crippen LogP contribution in [0, 0.1) is 11.6 Å². The quantitative estimate of drug-likeness (QED) is 0.737. The minimum Gasteiger partial charge on any atom is -0.493 e. The van der Waals surface area contributed by atoms with Gasteiger partial charge in [0.2, 0.25) is 5.91 Å². The van der Waals surface area contributed by atoms with Crippen LogP contribution in [0.25, 0.3) is 6.08 Å². The van der Waals surface area contributed by atoms with Gasteiger partial charge in [-0.1, -0.05) is 11.6 Å². The highest BCUT2D eigenvalue weighted by atomic mass is 35.5. The predicted octanol–water partition coefficient (Wildman–Crippen LogP) is 4.01. The molecule has 1 N–H and O–H groups in total. The van der Waals surface area contributed by atoms with E-state index in [0.717, 1.165) is 6.07 Å². The summed E-state index contributed by atoms with van der Waals surface area (Å²) in [6, 6.07) is 6.60. The Kier molecular flexibility index (Phi) is 6.97.